The minimum Gasteiger partial charge on any atom is -0.490 e. The Morgan fingerprint density at radius 2 is 2.35 bits per heavy atom. The molecule has 0 aliphatic heterocycles. The fraction of sp³-hybridized carbons (Fsp3) is 0.333. The van der Waals surface area contributed by atoms with Crippen molar-refractivity contribution in [1.29, 1.82) is 0 Å². The Morgan fingerprint density at radius 3 is 3.00 bits per heavy atom. The Hall–Kier alpha value is -1.88. The molecular weight excluding hydrogens is 216 g/mol. The Morgan fingerprint density at radius 1 is 1.41 bits per heavy atom. The van der Waals surface area contributed by atoms with E-state index < -0.39 is 0 Å². The molecule has 17 heavy (non-hydrogen) atoms. The molecule has 5 heteroatoms. The van der Waals surface area contributed by atoms with Crippen LogP contribution in [0, 0.1) is 0 Å². The number of nitrogens with zero attached hydrogens (tertiary/aromatic N) is 3. The molecular formula is C12H16N4O. The molecule has 0 spiro atoms. The van der Waals surface area contributed by atoms with Gasteiger partial charge in [-0.05, 0) is 25.2 Å². The molecule has 1 N–H and O–H groups in total. The van der Waals surface area contributed by atoms with Crippen molar-refractivity contribution in [1.82, 2.24) is 20.1 Å². The van der Waals surface area contributed by atoms with Crippen molar-refractivity contribution in [2.45, 2.75) is 13.1 Å². The first-order chi connectivity index (χ1) is 8.38. The Kier molecular flexibility index (Phi) is 4.10. The quantitative estimate of drug-likeness (QED) is 0.809. The first-order valence-corrected chi connectivity index (χ1v) is 5.58. The van der Waals surface area contributed by atoms with Crippen molar-refractivity contribution < 1.29 is 4.74 Å². The van der Waals surface area contributed by atoms with Crippen LogP contribution in [0.25, 0.3) is 0 Å². The van der Waals surface area contributed by atoms with E-state index in [0.717, 1.165) is 24.5 Å². The van der Waals surface area contributed by atoms with E-state index in [1.54, 1.807) is 12.4 Å². The molecule has 0 radical (unpaired) electrons. The maximum atomic E-state index is 5.57. The summed E-state index contributed by atoms with van der Waals surface area (Å²) < 4.78 is 7.40. The van der Waals surface area contributed by atoms with Crippen molar-refractivity contribution in [3.8, 4) is 5.75 Å². The van der Waals surface area contributed by atoms with Gasteiger partial charge in [0.05, 0.1) is 18.4 Å². The molecule has 0 fully saturated rings. The van der Waals surface area contributed by atoms with E-state index in [-0.39, 0.29) is 0 Å². The number of nitrogens with one attached hydrogen (secondary N) is 1. The number of pyridine rings is 1. The normalized spacial score (nSPS) is 10.4. The molecule has 5 nitrogen and oxygen atoms in total. The van der Waals surface area contributed by atoms with Crippen LogP contribution in [-0.2, 0) is 13.1 Å². The number of ether oxygens (including phenoxy) is 1. The largest absolute Gasteiger partial charge is 0.490 e. The maximum Gasteiger partial charge on any atom is 0.137 e. The Balaban J connectivity index is 1.79. The van der Waals surface area contributed by atoms with E-state index in [1.165, 1.54) is 0 Å². The molecule has 90 valence electrons. The molecule has 0 atom stereocenters. The van der Waals surface area contributed by atoms with Crippen molar-refractivity contribution in [2.24, 2.45) is 0 Å². The van der Waals surface area contributed by atoms with Gasteiger partial charge in [0.15, 0.2) is 0 Å². The molecule has 0 aliphatic rings. The van der Waals surface area contributed by atoms with Gasteiger partial charge in [0, 0.05) is 18.9 Å². The monoisotopic (exact) mass is 232 g/mol. The highest BCUT2D eigenvalue weighted by molar-refractivity contribution is 5.19. The Bertz CT molecular complexity index is 424. The van der Waals surface area contributed by atoms with Gasteiger partial charge in [-0.15, -0.1) is 0 Å². The number of hydrogen-bond donors (Lipinski definition) is 1. The van der Waals surface area contributed by atoms with E-state index in [9.17, 15) is 0 Å². The summed E-state index contributed by atoms with van der Waals surface area (Å²) in [7, 11) is 1.90. The third-order valence-electron chi connectivity index (χ3n) is 2.30. The summed E-state index contributed by atoms with van der Waals surface area (Å²) in [6.45, 7) is 2.10. The van der Waals surface area contributed by atoms with E-state index in [1.807, 2.05) is 36.1 Å². The SMILES string of the molecule is CNCc1ccc(OCCn2cccn2)cn1. The van der Waals surface area contributed by atoms with Crippen molar-refractivity contribution >= 4 is 0 Å². The fourth-order valence-corrected chi connectivity index (χ4v) is 1.47. The van der Waals surface area contributed by atoms with E-state index in [2.05, 4.69) is 15.4 Å². The minimum atomic E-state index is 0.592. The first-order valence-electron chi connectivity index (χ1n) is 5.58. The molecule has 0 saturated carbocycles. The second kappa shape index (κ2) is 6.00. The molecule has 0 bridgehead atoms. The molecule has 0 saturated heterocycles. The predicted octanol–water partition coefficient (Wildman–Crippen LogP) is 1.08. The number of aromatic nitrogens is 3. The summed E-state index contributed by atoms with van der Waals surface area (Å²) in [4.78, 5) is 4.27. The number of hydrogen-bond acceptors (Lipinski definition) is 4. The van der Waals surface area contributed by atoms with Crippen LogP contribution >= 0.6 is 0 Å². The van der Waals surface area contributed by atoms with Crippen LogP contribution in [0.5, 0.6) is 5.75 Å². The summed E-state index contributed by atoms with van der Waals surface area (Å²) in [5, 5.41) is 7.15. The zero-order valence-electron chi connectivity index (χ0n) is 9.84. The van der Waals surface area contributed by atoms with Crippen LogP contribution in [0.3, 0.4) is 0 Å². The third-order valence-corrected chi connectivity index (χ3v) is 2.30. The van der Waals surface area contributed by atoms with Gasteiger partial charge in [-0.2, -0.15) is 5.10 Å². The van der Waals surface area contributed by atoms with Gasteiger partial charge in [-0.3, -0.25) is 9.67 Å². The predicted molar refractivity (Wildman–Crippen MR) is 64.7 cm³/mol. The van der Waals surface area contributed by atoms with E-state index in [0.29, 0.717) is 6.61 Å². The van der Waals surface area contributed by atoms with Crippen LogP contribution in [0.1, 0.15) is 5.69 Å². The van der Waals surface area contributed by atoms with Crippen LogP contribution in [-0.4, -0.2) is 28.4 Å². The van der Waals surface area contributed by atoms with Gasteiger partial charge < -0.3 is 10.1 Å². The topological polar surface area (TPSA) is 52.0 Å². The van der Waals surface area contributed by atoms with Gasteiger partial charge in [0.1, 0.15) is 12.4 Å². The van der Waals surface area contributed by atoms with Gasteiger partial charge in [0.2, 0.25) is 0 Å². The summed E-state index contributed by atoms with van der Waals surface area (Å²) in [5.74, 6) is 0.789. The lowest BCUT2D eigenvalue weighted by atomic mass is 10.3. The molecule has 2 heterocycles. The lowest BCUT2D eigenvalue weighted by molar-refractivity contribution is 0.290. The van der Waals surface area contributed by atoms with Gasteiger partial charge in [-0.1, -0.05) is 0 Å². The average molecular weight is 232 g/mol. The zero-order chi connectivity index (χ0) is 11.9. The van der Waals surface area contributed by atoms with Crippen LogP contribution in [0.4, 0.5) is 0 Å². The highest BCUT2D eigenvalue weighted by Crippen LogP contribution is 2.08. The van der Waals surface area contributed by atoms with E-state index >= 15 is 0 Å². The van der Waals surface area contributed by atoms with Crippen LogP contribution in [0.2, 0.25) is 0 Å². The first kappa shape index (κ1) is 11.6. The van der Waals surface area contributed by atoms with Gasteiger partial charge in [0.25, 0.3) is 0 Å². The van der Waals surface area contributed by atoms with E-state index in [4.69, 9.17) is 4.74 Å². The number of rotatable bonds is 6. The average Bonchev–Trinajstić information content (AvgIpc) is 2.85. The lowest BCUT2D eigenvalue weighted by Gasteiger charge is -2.06. The van der Waals surface area contributed by atoms with Crippen molar-refractivity contribution in [3.05, 3.63) is 42.5 Å². The molecule has 0 unspecified atom stereocenters. The van der Waals surface area contributed by atoms with Crippen LogP contribution < -0.4 is 10.1 Å². The lowest BCUT2D eigenvalue weighted by Crippen LogP contribution is -2.09. The molecule has 0 amide bonds. The zero-order valence-corrected chi connectivity index (χ0v) is 9.84. The summed E-state index contributed by atoms with van der Waals surface area (Å²) >= 11 is 0. The molecule has 2 aromatic heterocycles. The maximum absolute atomic E-state index is 5.57. The van der Waals surface area contributed by atoms with Crippen molar-refractivity contribution in [3.63, 3.8) is 0 Å². The summed E-state index contributed by atoms with van der Waals surface area (Å²) in [6, 6.07) is 5.79. The second-order valence-corrected chi connectivity index (χ2v) is 3.63. The molecule has 0 aliphatic carbocycles. The Labute approximate surface area is 100 Å². The standard InChI is InChI=1S/C12H16N4O/c1-13-9-11-3-4-12(10-14-11)17-8-7-16-6-2-5-15-16/h2-6,10,13H,7-9H2,1H3. The van der Waals surface area contributed by atoms with Gasteiger partial charge >= 0.3 is 0 Å². The second-order valence-electron chi connectivity index (χ2n) is 3.63. The summed E-state index contributed by atoms with van der Waals surface area (Å²) in [5.41, 5.74) is 1.01. The van der Waals surface area contributed by atoms with Crippen molar-refractivity contribution in [2.75, 3.05) is 13.7 Å². The molecule has 2 aromatic rings. The van der Waals surface area contributed by atoms with Crippen LogP contribution in [0.15, 0.2) is 36.8 Å². The highest BCUT2D eigenvalue weighted by Gasteiger charge is 1.97. The molecule has 0 aromatic carbocycles. The smallest absolute Gasteiger partial charge is 0.137 e. The molecule has 2 rings (SSSR count). The highest BCUT2D eigenvalue weighted by atomic mass is 16.5. The third kappa shape index (κ3) is 3.57. The van der Waals surface area contributed by atoms with Gasteiger partial charge in [-0.25, -0.2) is 0 Å². The minimum absolute atomic E-state index is 0.592. The summed E-state index contributed by atoms with van der Waals surface area (Å²) in [6.07, 6.45) is 5.42. The fourth-order valence-electron chi connectivity index (χ4n) is 1.47.